The van der Waals surface area contributed by atoms with Gasteiger partial charge in [0.05, 0.1) is 12.8 Å². The molecular weight excluding hydrogens is 288 g/mol. The summed E-state index contributed by atoms with van der Waals surface area (Å²) in [6.45, 7) is 3.91. The first kappa shape index (κ1) is 15.3. The Morgan fingerprint density at radius 1 is 1.13 bits per heavy atom. The monoisotopic (exact) mass is 308 g/mol. The van der Waals surface area contributed by atoms with Gasteiger partial charge in [0, 0.05) is 24.7 Å². The van der Waals surface area contributed by atoms with E-state index in [2.05, 4.69) is 16.0 Å². The van der Waals surface area contributed by atoms with E-state index in [1.807, 2.05) is 25.1 Å². The lowest BCUT2D eigenvalue weighted by molar-refractivity contribution is 0.412. The minimum Gasteiger partial charge on any atom is -0.496 e. The summed E-state index contributed by atoms with van der Waals surface area (Å²) < 4.78 is 5.31. The second kappa shape index (κ2) is 6.66. The van der Waals surface area contributed by atoms with E-state index in [0.717, 1.165) is 48.5 Å². The molecule has 1 fully saturated rings. The lowest BCUT2D eigenvalue weighted by atomic mass is 10.1. The van der Waals surface area contributed by atoms with E-state index in [1.165, 1.54) is 6.42 Å². The molecule has 1 aromatic heterocycles. The number of benzene rings is 1. The van der Waals surface area contributed by atoms with Crippen molar-refractivity contribution >= 4 is 5.95 Å². The number of piperidine rings is 1. The number of hydrogen-bond acceptors (Lipinski definition) is 5. The van der Waals surface area contributed by atoms with Gasteiger partial charge >= 0.3 is 0 Å². The molecule has 2 aromatic rings. The zero-order valence-electron chi connectivity index (χ0n) is 13.5. The Hall–Kier alpha value is -2.61. The molecule has 0 spiro atoms. The minimum absolute atomic E-state index is 0.407. The number of methoxy groups -OCH3 is 1. The summed E-state index contributed by atoms with van der Waals surface area (Å²) in [4.78, 5) is 11.3. The molecule has 5 heteroatoms. The Labute approximate surface area is 136 Å². The van der Waals surface area contributed by atoms with E-state index in [4.69, 9.17) is 9.72 Å². The van der Waals surface area contributed by atoms with Gasteiger partial charge in [0.25, 0.3) is 0 Å². The van der Waals surface area contributed by atoms with Gasteiger partial charge in [-0.2, -0.15) is 5.26 Å². The van der Waals surface area contributed by atoms with Crippen LogP contribution in [0.4, 0.5) is 5.95 Å². The van der Waals surface area contributed by atoms with Crippen molar-refractivity contribution in [2.45, 2.75) is 26.2 Å². The molecule has 5 nitrogen and oxygen atoms in total. The summed E-state index contributed by atoms with van der Waals surface area (Å²) in [5.41, 5.74) is 3.20. The fraction of sp³-hybridized carbons (Fsp3) is 0.389. The van der Waals surface area contributed by atoms with Crippen LogP contribution in [0.5, 0.6) is 5.75 Å². The molecule has 0 aliphatic carbocycles. The highest BCUT2D eigenvalue weighted by atomic mass is 16.5. The topological polar surface area (TPSA) is 62.0 Å². The van der Waals surface area contributed by atoms with Crippen LogP contribution in [-0.2, 0) is 0 Å². The third-order valence-corrected chi connectivity index (χ3v) is 4.16. The van der Waals surface area contributed by atoms with Crippen molar-refractivity contribution in [2.75, 3.05) is 25.1 Å². The van der Waals surface area contributed by atoms with Gasteiger partial charge in [0.15, 0.2) is 0 Å². The minimum atomic E-state index is 0.407. The van der Waals surface area contributed by atoms with E-state index >= 15 is 0 Å². The van der Waals surface area contributed by atoms with Crippen molar-refractivity contribution in [1.29, 1.82) is 5.26 Å². The van der Waals surface area contributed by atoms with Gasteiger partial charge in [-0.1, -0.05) is 0 Å². The number of nitrogens with zero attached hydrogens (tertiary/aromatic N) is 4. The van der Waals surface area contributed by atoms with Crippen molar-refractivity contribution in [3.63, 3.8) is 0 Å². The predicted molar refractivity (Wildman–Crippen MR) is 89.5 cm³/mol. The second-order valence-corrected chi connectivity index (χ2v) is 5.78. The predicted octanol–water partition coefficient (Wildman–Crippen LogP) is 3.32. The maximum absolute atomic E-state index is 9.29. The van der Waals surface area contributed by atoms with Crippen LogP contribution in [0.1, 0.15) is 30.5 Å². The lowest BCUT2D eigenvalue weighted by Crippen LogP contribution is -2.31. The Kier molecular flexibility index (Phi) is 4.42. The number of aryl methyl sites for hydroxylation is 1. The lowest BCUT2D eigenvalue weighted by Gasteiger charge is -2.27. The van der Waals surface area contributed by atoms with Crippen LogP contribution in [0.3, 0.4) is 0 Å². The fourth-order valence-electron chi connectivity index (χ4n) is 2.91. The molecule has 1 saturated heterocycles. The van der Waals surface area contributed by atoms with Gasteiger partial charge in [-0.25, -0.2) is 9.97 Å². The molecule has 0 atom stereocenters. The molecule has 3 rings (SSSR count). The molecule has 0 radical (unpaired) electrons. The van der Waals surface area contributed by atoms with Crippen molar-refractivity contribution in [1.82, 2.24) is 9.97 Å². The maximum atomic E-state index is 9.29. The number of rotatable bonds is 3. The standard InChI is InChI=1S/C18H20N4O/c1-13-10-14(6-7-17(13)23-2)16-11-15(12-19)20-18(21-16)22-8-4-3-5-9-22/h6-7,10-11H,3-5,8-9H2,1-2H3. The van der Waals surface area contributed by atoms with E-state index < -0.39 is 0 Å². The molecule has 118 valence electrons. The zero-order chi connectivity index (χ0) is 16.2. The highest BCUT2D eigenvalue weighted by Gasteiger charge is 2.16. The number of ether oxygens (including phenoxy) is 1. The number of nitriles is 1. The highest BCUT2D eigenvalue weighted by Crippen LogP contribution is 2.27. The van der Waals surface area contributed by atoms with Gasteiger partial charge in [-0.3, -0.25) is 0 Å². The molecule has 0 N–H and O–H groups in total. The van der Waals surface area contributed by atoms with Gasteiger partial charge in [-0.05, 0) is 49.9 Å². The molecule has 2 heterocycles. The smallest absolute Gasteiger partial charge is 0.227 e. The van der Waals surface area contributed by atoms with Gasteiger partial charge in [0.2, 0.25) is 5.95 Å². The summed E-state index contributed by atoms with van der Waals surface area (Å²) in [7, 11) is 1.66. The first-order valence-electron chi connectivity index (χ1n) is 7.90. The molecule has 0 amide bonds. The molecule has 1 aliphatic rings. The van der Waals surface area contributed by atoms with Crippen LogP contribution in [0.25, 0.3) is 11.3 Å². The van der Waals surface area contributed by atoms with Crippen LogP contribution < -0.4 is 9.64 Å². The average molecular weight is 308 g/mol. The molecule has 1 aliphatic heterocycles. The third-order valence-electron chi connectivity index (χ3n) is 4.16. The van der Waals surface area contributed by atoms with Crippen molar-refractivity contribution < 1.29 is 4.74 Å². The SMILES string of the molecule is COc1ccc(-c2cc(C#N)nc(N3CCCCC3)n2)cc1C. The van der Waals surface area contributed by atoms with E-state index in [9.17, 15) is 5.26 Å². The summed E-state index contributed by atoms with van der Waals surface area (Å²) in [5, 5.41) is 9.29. The van der Waals surface area contributed by atoms with Crippen molar-refractivity contribution in [3.05, 3.63) is 35.5 Å². The number of hydrogen-bond donors (Lipinski definition) is 0. The Morgan fingerprint density at radius 2 is 1.91 bits per heavy atom. The second-order valence-electron chi connectivity index (χ2n) is 5.78. The first-order valence-corrected chi connectivity index (χ1v) is 7.90. The molecule has 0 bridgehead atoms. The number of anilines is 1. The quantitative estimate of drug-likeness (QED) is 0.870. The Bertz CT molecular complexity index is 745. The normalized spacial score (nSPS) is 14.4. The summed E-state index contributed by atoms with van der Waals surface area (Å²) in [5.74, 6) is 1.51. The van der Waals surface area contributed by atoms with Gasteiger partial charge < -0.3 is 9.64 Å². The van der Waals surface area contributed by atoms with Crippen LogP contribution >= 0.6 is 0 Å². The molecule has 1 aromatic carbocycles. The Morgan fingerprint density at radius 3 is 2.57 bits per heavy atom. The van der Waals surface area contributed by atoms with Crippen LogP contribution in [0.15, 0.2) is 24.3 Å². The van der Waals surface area contributed by atoms with Crippen molar-refractivity contribution in [2.24, 2.45) is 0 Å². The van der Waals surface area contributed by atoms with Crippen molar-refractivity contribution in [3.8, 4) is 23.1 Å². The van der Waals surface area contributed by atoms with E-state index in [0.29, 0.717) is 11.6 Å². The van der Waals surface area contributed by atoms with Crippen LogP contribution in [0.2, 0.25) is 0 Å². The number of aromatic nitrogens is 2. The third kappa shape index (κ3) is 3.26. The summed E-state index contributed by atoms with van der Waals surface area (Å²) in [6, 6.07) is 9.82. The Balaban J connectivity index is 2.01. The fourth-order valence-corrected chi connectivity index (χ4v) is 2.91. The zero-order valence-corrected chi connectivity index (χ0v) is 13.5. The molecule has 0 saturated carbocycles. The summed E-state index contributed by atoms with van der Waals surface area (Å²) in [6.07, 6.45) is 3.55. The van der Waals surface area contributed by atoms with Gasteiger partial charge in [-0.15, -0.1) is 0 Å². The summed E-state index contributed by atoms with van der Waals surface area (Å²) >= 11 is 0. The highest BCUT2D eigenvalue weighted by molar-refractivity contribution is 5.64. The molecule has 23 heavy (non-hydrogen) atoms. The van der Waals surface area contributed by atoms with Gasteiger partial charge in [0.1, 0.15) is 17.5 Å². The maximum Gasteiger partial charge on any atom is 0.227 e. The average Bonchev–Trinajstić information content (AvgIpc) is 2.62. The largest absolute Gasteiger partial charge is 0.496 e. The first-order chi connectivity index (χ1) is 11.2. The van der Waals surface area contributed by atoms with Crippen LogP contribution in [0, 0.1) is 18.3 Å². The van der Waals surface area contributed by atoms with E-state index in [-0.39, 0.29) is 0 Å². The van der Waals surface area contributed by atoms with Crippen LogP contribution in [-0.4, -0.2) is 30.2 Å². The van der Waals surface area contributed by atoms with E-state index in [1.54, 1.807) is 13.2 Å². The molecular formula is C18H20N4O. The molecule has 0 unspecified atom stereocenters.